The molecule has 0 aliphatic heterocycles. The van der Waals surface area contributed by atoms with Crippen LogP contribution >= 0.6 is 11.6 Å². The molecule has 152 valence electrons. The molecule has 1 aliphatic rings. The van der Waals surface area contributed by atoms with Crippen molar-refractivity contribution in [1.82, 2.24) is 0 Å². The molecule has 0 atom stereocenters. The third-order valence-electron chi connectivity index (χ3n) is 4.65. The summed E-state index contributed by atoms with van der Waals surface area (Å²) < 4.78 is 76.5. The number of hydrogen-bond donors (Lipinski definition) is 0. The Morgan fingerprint density at radius 2 is 1.89 bits per heavy atom. The number of hydrogen-bond acceptors (Lipinski definition) is 2. The topological polar surface area (TPSA) is 18.5 Å². The summed E-state index contributed by atoms with van der Waals surface area (Å²) in [6.07, 6.45) is -1.08. The molecule has 8 heteroatoms. The highest BCUT2D eigenvalue weighted by Gasteiger charge is 2.44. The van der Waals surface area contributed by atoms with Gasteiger partial charge >= 0.3 is 6.11 Å². The summed E-state index contributed by atoms with van der Waals surface area (Å²) in [6.45, 7) is 2.07. The quantitative estimate of drug-likeness (QED) is 0.331. The van der Waals surface area contributed by atoms with Gasteiger partial charge in [-0.15, -0.1) is 0 Å². The second-order valence-corrected chi connectivity index (χ2v) is 7.07. The van der Waals surface area contributed by atoms with Gasteiger partial charge in [-0.3, -0.25) is 0 Å². The van der Waals surface area contributed by atoms with Crippen LogP contribution in [-0.2, 0) is 0 Å². The van der Waals surface area contributed by atoms with Gasteiger partial charge < -0.3 is 9.47 Å². The van der Waals surface area contributed by atoms with Crippen LogP contribution in [0.2, 0.25) is 5.02 Å². The van der Waals surface area contributed by atoms with Crippen LogP contribution in [0.4, 0.5) is 22.0 Å². The Labute approximate surface area is 160 Å². The van der Waals surface area contributed by atoms with E-state index in [1.807, 2.05) is 0 Å². The fourth-order valence-corrected chi connectivity index (χ4v) is 3.55. The van der Waals surface area contributed by atoms with Crippen LogP contribution in [-0.4, -0.2) is 12.5 Å². The lowest BCUT2D eigenvalue weighted by Gasteiger charge is -2.33. The highest BCUT2D eigenvalue weighted by Crippen LogP contribution is 2.42. The molecule has 0 saturated heterocycles. The minimum Gasteiger partial charge on any atom is -0.460 e. The summed E-state index contributed by atoms with van der Waals surface area (Å²) in [6, 6.07) is 1.68. The first-order chi connectivity index (χ1) is 12.7. The molecular weight excluding hydrogens is 391 g/mol. The summed E-state index contributed by atoms with van der Waals surface area (Å²) in [5.41, 5.74) is 0. The Morgan fingerprint density at radius 1 is 1.22 bits per heavy atom. The number of halogens is 6. The number of ether oxygens (including phenoxy) is 2. The largest absolute Gasteiger partial charge is 0.460 e. The predicted octanol–water partition coefficient (Wildman–Crippen LogP) is 7.21. The fraction of sp³-hybridized carbons (Fsp3) is 0.579. The maximum Gasteiger partial charge on any atom is 0.400 e. The fourth-order valence-electron chi connectivity index (χ4n) is 3.31. The highest BCUT2D eigenvalue weighted by molar-refractivity contribution is 6.32. The molecule has 0 spiro atoms. The summed E-state index contributed by atoms with van der Waals surface area (Å²) >= 11 is 5.81. The molecule has 1 aliphatic carbocycles. The molecule has 1 saturated carbocycles. The monoisotopic (exact) mass is 412 g/mol. The van der Waals surface area contributed by atoms with Crippen LogP contribution in [0.25, 0.3) is 0 Å². The molecule has 0 N–H and O–H groups in total. The van der Waals surface area contributed by atoms with Crippen molar-refractivity contribution in [3.63, 3.8) is 0 Å². The summed E-state index contributed by atoms with van der Waals surface area (Å²) in [5, 5.41) is -0.355. The summed E-state index contributed by atoms with van der Waals surface area (Å²) in [5.74, 6) is -2.55. The van der Waals surface area contributed by atoms with Gasteiger partial charge in [0, 0.05) is 18.2 Å². The van der Waals surface area contributed by atoms with Crippen molar-refractivity contribution < 1.29 is 31.4 Å². The molecule has 0 unspecified atom stereocenters. The number of benzene rings is 1. The predicted molar refractivity (Wildman–Crippen MR) is 93.1 cm³/mol. The lowest BCUT2D eigenvalue weighted by molar-refractivity contribution is -0.223. The van der Waals surface area contributed by atoms with E-state index in [0.717, 1.165) is 31.7 Å². The van der Waals surface area contributed by atoms with Crippen molar-refractivity contribution in [1.29, 1.82) is 0 Å². The van der Waals surface area contributed by atoms with Crippen molar-refractivity contribution in [2.24, 2.45) is 11.8 Å². The van der Waals surface area contributed by atoms with Crippen molar-refractivity contribution >= 4 is 11.6 Å². The standard InChI is InChI=1S/C19H22ClF5O2/c1-2-3-12-4-6-13(7-5-12)19(24,25)27-14-10-15(20)18(16(21)11-14)26-9-8-17(22)23/h8-13,17H,2-7H2,1H3. The minimum absolute atomic E-state index is 0.341. The van der Waals surface area contributed by atoms with Gasteiger partial charge in [0.25, 0.3) is 6.43 Å². The van der Waals surface area contributed by atoms with Crippen LogP contribution in [0.1, 0.15) is 45.4 Å². The number of allylic oxidation sites excluding steroid dienone is 1. The van der Waals surface area contributed by atoms with Gasteiger partial charge in [0.2, 0.25) is 0 Å². The zero-order valence-electron chi connectivity index (χ0n) is 14.9. The molecule has 0 aromatic heterocycles. The Bertz CT molecular complexity index is 620. The van der Waals surface area contributed by atoms with Crippen LogP contribution in [0, 0.1) is 17.7 Å². The third kappa shape index (κ3) is 6.26. The molecule has 1 fully saturated rings. The molecule has 1 aromatic carbocycles. The second kappa shape index (κ2) is 9.62. The van der Waals surface area contributed by atoms with Gasteiger partial charge in [0.1, 0.15) is 5.75 Å². The lowest BCUT2D eigenvalue weighted by Crippen LogP contribution is -2.37. The summed E-state index contributed by atoms with van der Waals surface area (Å²) in [7, 11) is 0. The molecule has 0 radical (unpaired) electrons. The molecule has 27 heavy (non-hydrogen) atoms. The molecule has 2 nitrogen and oxygen atoms in total. The van der Waals surface area contributed by atoms with E-state index in [0.29, 0.717) is 37.2 Å². The maximum absolute atomic E-state index is 14.5. The van der Waals surface area contributed by atoms with E-state index < -0.39 is 35.8 Å². The normalized spacial score (nSPS) is 21.0. The number of alkyl halides is 4. The molecule has 0 heterocycles. The van der Waals surface area contributed by atoms with Crippen molar-refractivity contribution in [2.75, 3.05) is 0 Å². The molecule has 0 bridgehead atoms. The third-order valence-corrected chi connectivity index (χ3v) is 4.94. The first-order valence-electron chi connectivity index (χ1n) is 8.90. The number of rotatable bonds is 8. The zero-order chi connectivity index (χ0) is 20.0. The Morgan fingerprint density at radius 3 is 2.44 bits per heavy atom. The van der Waals surface area contributed by atoms with Gasteiger partial charge in [-0.1, -0.05) is 31.4 Å². The van der Waals surface area contributed by atoms with E-state index in [-0.39, 0.29) is 5.02 Å². The van der Waals surface area contributed by atoms with Gasteiger partial charge in [-0.05, 0) is 31.6 Å². The first kappa shape index (κ1) is 21.8. The van der Waals surface area contributed by atoms with Crippen LogP contribution < -0.4 is 9.47 Å². The van der Waals surface area contributed by atoms with E-state index in [1.165, 1.54) is 0 Å². The molecule has 2 rings (SSSR count). The lowest BCUT2D eigenvalue weighted by atomic mass is 9.79. The average molecular weight is 413 g/mol. The average Bonchev–Trinajstić information content (AvgIpc) is 2.57. The Kier molecular flexibility index (Phi) is 7.77. The van der Waals surface area contributed by atoms with Gasteiger partial charge in [-0.2, -0.15) is 8.78 Å². The molecule has 0 amide bonds. The van der Waals surface area contributed by atoms with E-state index in [9.17, 15) is 22.0 Å². The summed E-state index contributed by atoms with van der Waals surface area (Å²) in [4.78, 5) is 0. The van der Waals surface area contributed by atoms with Crippen LogP contribution in [0.5, 0.6) is 11.5 Å². The molecular formula is C19H22ClF5O2. The van der Waals surface area contributed by atoms with Crippen LogP contribution in [0.15, 0.2) is 24.5 Å². The molecule has 1 aromatic rings. The minimum atomic E-state index is -3.45. The van der Waals surface area contributed by atoms with Crippen LogP contribution in [0.3, 0.4) is 0 Å². The van der Waals surface area contributed by atoms with E-state index >= 15 is 0 Å². The zero-order valence-corrected chi connectivity index (χ0v) is 15.6. The van der Waals surface area contributed by atoms with Gasteiger partial charge in [0.15, 0.2) is 11.6 Å². The van der Waals surface area contributed by atoms with Crippen molar-refractivity contribution in [2.45, 2.75) is 58.0 Å². The second-order valence-electron chi connectivity index (χ2n) is 6.67. The van der Waals surface area contributed by atoms with Gasteiger partial charge in [0.05, 0.1) is 17.2 Å². The smallest absolute Gasteiger partial charge is 0.400 e. The van der Waals surface area contributed by atoms with Crippen molar-refractivity contribution in [3.05, 3.63) is 35.3 Å². The maximum atomic E-state index is 14.5. The Hall–Kier alpha value is -1.50. The van der Waals surface area contributed by atoms with E-state index in [4.69, 9.17) is 21.1 Å². The van der Waals surface area contributed by atoms with Gasteiger partial charge in [-0.25, -0.2) is 13.2 Å². The van der Waals surface area contributed by atoms with E-state index in [1.54, 1.807) is 0 Å². The highest BCUT2D eigenvalue weighted by atomic mass is 35.5. The Balaban J connectivity index is 2.03. The van der Waals surface area contributed by atoms with E-state index in [2.05, 4.69) is 6.92 Å². The van der Waals surface area contributed by atoms with Crippen molar-refractivity contribution in [3.8, 4) is 11.5 Å². The first-order valence-corrected chi connectivity index (χ1v) is 9.28. The SMILES string of the molecule is CCCC1CCC(C(F)(F)Oc2cc(F)c(OC=CC(F)F)c(Cl)c2)CC1.